The van der Waals surface area contributed by atoms with Gasteiger partial charge in [0.2, 0.25) is 0 Å². The molecule has 3 heterocycles. The summed E-state index contributed by atoms with van der Waals surface area (Å²) >= 11 is 0. The van der Waals surface area contributed by atoms with E-state index in [1.54, 1.807) is 41.4 Å². The number of aromatic nitrogens is 4. The van der Waals surface area contributed by atoms with Crippen LogP contribution in [0.4, 0.5) is 0 Å². The lowest BCUT2D eigenvalue weighted by molar-refractivity contribution is 0.318. The Bertz CT molecular complexity index is 764. The fourth-order valence-corrected chi connectivity index (χ4v) is 1.82. The van der Waals surface area contributed by atoms with E-state index < -0.39 is 0 Å². The van der Waals surface area contributed by atoms with Gasteiger partial charge in [-0.05, 0) is 24.3 Å². The number of hydrogen-bond acceptors (Lipinski definition) is 5. The lowest BCUT2D eigenvalue weighted by Crippen LogP contribution is -2.17. The zero-order valence-electron chi connectivity index (χ0n) is 9.80. The van der Waals surface area contributed by atoms with Gasteiger partial charge in [0.25, 0.3) is 0 Å². The molecule has 3 aromatic rings. The van der Waals surface area contributed by atoms with Crippen LogP contribution >= 0.6 is 0 Å². The average molecular weight is 254 g/mol. The third-order valence-corrected chi connectivity index (χ3v) is 2.68. The van der Waals surface area contributed by atoms with Crippen LogP contribution in [0.15, 0.2) is 48.0 Å². The number of fused-ring (bicyclic) bond motifs is 1. The van der Waals surface area contributed by atoms with Crippen molar-refractivity contribution < 1.29 is 5.21 Å². The van der Waals surface area contributed by atoms with E-state index >= 15 is 0 Å². The molecule has 0 saturated heterocycles. The molecule has 94 valence electrons. The van der Waals surface area contributed by atoms with E-state index in [0.29, 0.717) is 22.7 Å². The van der Waals surface area contributed by atoms with Crippen molar-refractivity contribution >= 4 is 17.0 Å². The Morgan fingerprint density at radius 3 is 2.89 bits per heavy atom. The lowest BCUT2D eigenvalue weighted by Gasteiger charge is -2.07. The quantitative estimate of drug-likeness (QED) is 0.306. The van der Waals surface area contributed by atoms with Crippen molar-refractivity contribution in [2.45, 2.75) is 0 Å². The Labute approximate surface area is 108 Å². The first kappa shape index (κ1) is 11.1. The largest absolute Gasteiger partial charge is 0.409 e. The van der Waals surface area contributed by atoms with E-state index in [0.717, 1.165) is 0 Å². The predicted molar refractivity (Wildman–Crippen MR) is 69.2 cm³/mol. The van der Waals surface area contributed by atoms with Gasteiger partial charge in [0.15, 0.2) is 11.5 Å². The highest BCUT2D eigenvalue weighted by atomic mass is 16.4. The molecule has 0 bridgehead atoms. The molecule has 0 aliphatic heterocycles. The Morgan fingerprint density at radius 2 is 2.05 bits per heavy atom. The van der Waals surface area contributed by atoms with Crippen LogP contribution in [0.1, 0.15) is 5.69 Å². The van der Waals surface area contributed by atoms with Crippen LogP contribution in [0, 0.1) is 0 Å². The van der Waals surface area contributed by atoms with Gasteiger partial charge in [-0.1, -0.05) is 5.16 Å². The molecule has 0 fully saturated rings. The third-order valence-electron chi connectivity index (χ3n) is 2.68. The van der Waals surface area contributed by atoms with E-state index in [2.05, 4.69) is 20.1 Å². The summed E-state index contributed by atoms with van der Waals surface area (Å²) in [5.41, 5.74) is 7.42. The second-order valence-corrected chi connectivity index (χ2v) is 3.82. The number of nitrogens with zero attached hydrogens (tertiary/aromatic N) is 5. The second kappa shape index (κ2) is 4.37. The van der Waals surface area contributed by atoms with Crippen molar-refractivity contribution in [1.29, 1.82) is 0 Å². The highest BCUT2D eigenvalue weighted by Crippen LogP contribution is 2.13. The molecule has 19 heavy (non-hydrogen) atoms. The molecule has 7 heteroatoms. The standard InChI is InChI=1S/C12H10N6O/c13-11(17-19)9-2-1-7-18(9)10-4-3-8-12(16-10)15-6-5-14-8/h1-7,19H,(H2,13,17). The average Bonchev–Trinajstić information content (AvgIpc) is 2.95. The van der Waals surface area contributed by atoms with Crippen LogP contribution in [-0.4, -0.2) is 30.6 Å². The summed E-state index contributed by atoms with van der Waals surface area (Å²) in [6, 6.07) is 7.14. The maximum Gasteiger partial charge on any atom is 0.187 e. The van der Waals surface area contributed by atoms with Gasteiger partial charge in [-0.2, -0.15) is 0 Å². The Morgan fingerprint density at radius 1 is 1.21 bits per heavy atom. The molecule has 3 aromatic heterocycles. The number of pyridine rings is 1. The first-order valence-electron chi connectivity index (χ1n) is 5.53. The van der Waals surface area contributed by atoms with E-state index in [1.165, 1.54) is 0 Å². The van der Waals surface area contributed by atoms with Crippen molar-refractivity contribution in [3.05, 3.63) is 48.5 Å². The molecule has 7 nitrogen and oxygen atoms in total. The van der Waals surface area contributed by atoms with Gasteiger partial charge >= 0.3 is 0 Å². The summed E-state index contributed by atoms with van der Waals surface area (Å²) in [5, 5.41) is 11.8. The molecular weight excluding hydrogens is 244 g/mol. The third kappa shape index (κ3) is 1.86. The maximum atomic E-state index is 8.76. The van der Waals surface area contributed by atoms with Crippen LogP contribution < -0.4 is 5.73 Å². The van der Waals surface area contributed by atoms with E-state index in [-0.39, 0.29) is 5.84 Å². The summed E-state index contributed by atoms with van der Waals surface area (Å²) in [7, 11) is 0. The normalized spacial score (nSPS) is 11.9. The van der Waals surface area contributed by atoms with Gasteiger partial charge in [0.05, 0.1) is 5.69 Å². The number of rotatable bonds is 2. The van der Waals surface area contributed by atoms with Crippen LogP contribution in [0.5, 0.6) is 0 Å². The van der Waals surface area contributed by atoms with Crippen molar-refractivity contribution in [2.75, 3.05) is 0 Å². The van der Waals surface area contributed by atoms with E-state index in [4.69, 9.17) is 10.9 Å². The second-order valence-electron chi connectivity index (χ2n) is 3.82. The fraction of sp³-hybridized carbons (Fsp3) is 0. The monoisotopic (exact) mass is 254 g/mol. The Balaban J connectivity index is 2.17. The van der Waals surface area contributed by atoms with Gasteiger partial charge in [-0.25, -0.2) is 9.97 Å². The SMILES string of the molecule is N/C(=N/O)c1cccn1-c1ccc2nccnc2n1. The Kier molecular flexibility index (Phi) is 2.57. The van der Waals surface area contributed by atoms with Gasteiger partial charge < -0.3 is 10.9 Å². The Hall–Kier alpha value is -2.96. The topological polar surface area (TPSA) is 102 Å². The molecule has 0 unspecified atom stereocenters. The van der Waals surface area contributed by atoms with Crippen molar-refractivity contribution in [3.63, 3.8) is 0 Å². The first-order valence-corrected chi connectivity index (χ1v) is 5.53. The van der Waals surface area contributed by atoms with Crippen LogP contribution in [0.3, 0.4) is 0 Å². The number of hydrogen-bond donors (Lipinski definition) is 2. The van der Waals surface area contributed by atoms with Crippen LogP contribution in [0.2, 0.25) is 0 Å². The summed E-state index contributed by atoms with van der Waals surface area (Å²) in [6.07, 6.45) is 4.97. The molecule has 0 spiro atoms. The van der Waals surface area contributed by atoms with Crippen molar-refractivity contribution in [3.8, 4) is 5.82 Å². The van der Waals surface area contributed by atoms with Crippen molar-refractivity contribution in [1.82, 2.24) is 19.5 Å². The summed E-state index contributed by atoms with van der Waals surface area (Å²) in [6.45, 7) is 0. The summed E-state index contributed by atoms with van der Waals surface area (Å²) in [4.78, 5) is 12.7. The predicted octanol–water partition coefficient (Wildman–Crippen LogP) is 0.910. The van der Waals surface area contributed by atoms with Gasteiger partial charge in [0, 0.05) is 18.6 Å². The number of nitrogens with two attached hydrogens (primary N) is 1. The van der Waals surface area contributed by atoms with Crippen LogP contribution in [0.25, 0.3) is 17.0 Å². The molecule has 0 aliphatic carbocycles. The molecule has 0 aromatic carbocycles. The zero-order chi connectivity index (χ0) is 13.2. The van der Waals surface area contributed by atoms with Gasteiger partial charge in [0.1, 0.15) is 11.3 Å². The molecule has 0 radical (unpaired) electrons. The number of oxime groups is 1. The maximum absolute atomic E-state index is 8.76. The minimum Gasteiger partial charge on any atom is -0.409 e. The fourth-order valence-electron chi connectivity index (χ4n) is 1.82. The van der Waals surface area contributed by atoms with Gasteiger partial charge in [-0.3, -0.25) is 9.55 Å². The molecule has 3 N–H and O–H groups in total. The number of amidine groups is 1. The van der Waals surface area contributed by atoms with E-state index in [9.17, 15) is 0 Å². The minimum absolute atomic E-state index is 0.0195. The van der Waals surface area contributed by atoms with Crippen molar-refractivity contribution in [2.24, 2.45) is 10.9 Å². The molecular formula is C12H10N6O. The smallest absolute Gasteiger partial charge is 0.187 e. The molecule has 0 amide bonds. The zero-order valence-corrected chi connectivity index (χ0v) is 9.80. The molecule has 0 aliphatic rings. The summed E-state index contributed by atoms with van der Waals surface area (Å²) in [5.74, 6) is 0.644. The molecule has 0 saturated carbocycles. The lowest BCUT2D eigenvalue weighted by atomic mass is 10.3. The summed E-state index contributed by atoms with van der Waals surface area (Å²) < 4.78 is 1.71. The van der Waals surface area contributed by atoms with Crippen LogP contribution in [-0.2, 0) is 0 Å². The molecule has 0 atom stereocenters. The highest BCUT2D eigenvalue weighted by molar-refractivity contribution is 5.96. The van der Waals surface area contributed by atoms with E-state index in [1.807, 2.05) is 6.07 Å². The first-order chi connectivity index (χ1) is 9.29. The highest BCUT2D eigenvalue weighted by Gasteiger charge is 2.09. The van der Waals surface area contributed by atoms with Gasteiger partial charge in [-0.15, -0.1) is 0 Å². The molecule has 3 rings (SSSR count). The minimum atomic E-state index is 0.0195.